The minimum Gasteiger partial charge on any atom is -0.394 e. The molecule has 5 unspecified atom stereocenters. The monoisotopic (exact) mass is 344 g/mol. The summed E-state index contributed by atoms with van der Waals surface area (Å²) in [4.78, 5) is 0. The Balaban J connectivity index is 3.79. The number of rotatable bonds is 14. The number of hydrogen-bond donors (Lipinski definition) is 4. The van der Waals surface area contributed by atoms with E-state index in [1.807, 2.05) is 6.92 Å². The Bertz CT molecular complexity index is 341. The molecule has 5 atom stereocenters. The Morgan fingerprint density at radius 3 is 1.96 bits per heavy atom. The fourth-order valence-electron chi connectivity index (χ4n) is 2.96. The van der Waals surface area contributed by atoms with Gasteiger partial charge >= 0.3 is 0 Å². The lowest BCUT2D eigenvalue weighted by Gasteiger charge is -2.28. The zero-order valence-electron chi connectivity index (χ0n) is 16.2. The van der Waals surface area contributed by atoms with E-state index in [4.69, 9.17) is 5.11 Å². The lowest BCUT2D eigenvalue weighted by molar-refractivity contribution is -0.0886. The van der Waals surface area contributed by atoms with Crippen LogP contribution in [0.3, 0.4) is 0 Å². The summed E-state index contributed by atoms with van der Waals surface area (Å²) in [5.74, 6) is 1.21. The highest BCUT2D eigenvalue weighted by molar-refractivity contribution is 4.96. The average Bonchev–Trinajstić information content (AvgIpc) is 2.51. The molecule has 4 nitrogen and oxygen atoms in total. The van der Waals surface area contributed by atoms with Gasteiger partial charge in [-0.2, -0.15) is 0 Å². The van der Waals surface area contributed by atoms with Crippen LogP contribution >= 0.6 is 0 Å². The van der Waals surface area contributed by atoms with Crippen molar-refractivity contribution in [1.29, 1.82) is 0 Å². The Morgan fingerprint density at radius 1 is 0.958 bits per heavy atom. The van der Waals surface area contributed by atoms with Gasteiger partial charge in [-0.1, -0.05) is 58.1 Å². The predicted molar refractivity (Wildman–Crippen MR) is 99.8 cm³/mol. The van der Waals surface area contributed by atoms with Gasteiger partial charge in [0.2, 0.25) is 0 Å². The highest BCUT2D eigenvalue weighted by atomic mass is 16.4. The van der Waals surface area contributed by atoms with E-state index in [2.05, 4.69) is 20.4 Å². The van der Waals surface area contributed by atoms with E-state index < -0.39 is 18.3 Å². The quantitative estimate of drug-likeness (QED) is 0.364. The van der Waals surface area contributed by atoms with Gasteiger partial charge in [-0.05, 0) is 44.9 Å². The third-order valence-electron chi connectivity index (χ3n) is 5.17. The van der Waals surface area contributed by atoms with Crippen molar-refractivity contribution in [1.82, 2.24) is 0 Å². The van der Waals surface area contributed by atoms with E-state index in [9.17, 15) is 15.3 Å². The molecule has 0 heterocycles. The molecule has 144 valence electrons. The number of hydrogen-bond acceptors (Lipinski definition) is 4. The minimum atomic E-state index is -1.20. The maximum atomic E-state index is 10.1. The molecule has 0 fully saturated rings. The molecule has 0 saturated carbocycles. The molecule has 24 heavy (non-hydrogen) atoms. The van der Waals surface area contributed by atoms with Crippen molar-refractivity contribution in [3.63, 3.8) is 0 Å². The van der Waals surface area contributed by atoms with Gasteiger partial charge in [0, 0.05) is 0 Å². The average molecular weight is 345 g/mol. The zero-order valence-corrected chi connectivity index (χ0v) is 16.2. The van der Waals surface area contributed by atoms with Crippen LogP contribution in [0.1, 0.15) is 79.1 Å². The van der Waals surface area contributed by atoms with Gasteiger partial charge in [-0.15, -0.1) is 0 Å². The van der Waals surface area contributed by atoms with Gasteiger partial charge in [0.05, 0.1) is 18.3 Å². The maximum absolute atomic E-state index is 10.1. The third kappa shape index (κ3) is 10.4. The zero-order chi connectivity index (χ0) is 18.8. The highest BCUT2D eigenvalue weighted by Gasteiger charge is 2.29. The molecule has 4 N–H and O–H groups in total. The van der Waals surface area contributed by atoms with Crippen LogP contribution in [0, 0.1) is 11.8 Å². The van der Waals surface area contributed by atoms with Gasteiger partial charge in [0.25, 0.3) is 0 Å². The van der Waals surface area contributed by atoms with Crippen LogP contribution in [0.15, 0.2) is 12.2 Å². The van der Waals surface area contributed by atoms with Crippen LogP contribution in [0.4, 0.5) is 0 Å². The SMILES string of the molecule is C=C(C)C(O)CCC(C)CCCC(C)CCCC(C)(O)C(O)CO. The van der Waals surface area contributed by atoms with E-state index >= 15 is 0 Å². The Kier molecular flexibility index (Phi) is 11.8. The molecule has 0 aliphatic heterocycles. The molecular weight excluding hydrogens is 304 g/mol. The first-order valence-electron chi connectivity index (χ1n) is 9.44. The number of aliphatic hydroxyl groups excluding tert-OH is 3. The standard InChI is InChI=1S/C20H40O4/c1-15(2)18(22)12-11-17(4)9-6-8-16(3)10-7-13-20(5,24)19(23)14-21/h16-19,21-24H,1,6-14H2,2-5H3. The molecule has 0 aromatic carbocycles. The van der Waals surface area contributed by atoms with E-state index in [0.29, 0.717) is 18.3 Å². The van der Waals surface area contributed by atoms with Crippen molar-refractivity contribution < 1.29 is 20.4 Å². The number of aliphatic hydroxyl groups is 4. The van der Waals surface area contributed by atoms with E-state index in [0.717, 1.165) is 37.7 Å². The van der Waals surface area contributed by atoms with Crippen LogP contribution in [-0.4, -0.2) is 44.8 Å². The first-order valence-corrected chi connectivity index (χ1v) is 9.44. The summed E-state index contributed by atoms with van der Waals surface area (Å²) in [5.41, 5.74) is -0.356. The molecule has 0 saturated heterocycles. The van der Waals surface area contributed by atoms with Crippen molar-refractivity contribution in [2.75, 3.05) is 6.61 Å². The molecule has 0 spiro atoms. The van der Waals surface area contributed by atoms with E-state index in [1.54, 1.807) is 6.92 Å². The Hall–Kier alpha value is -0.420. The van der Waals surface area contributed by atoms with Crippen molar-refractivity contribution in [3.05, 3.63) is 12.2 Å². The van der Waals surface area contributed by atoms with Gasteiger partial charge < -0.3 is 20.4 Å². The lowest BCUT2D eigenvalue weighted by Crippen LogP contribution is -2.41. The van der Waals surface area contributed by atoms with E-state index in [-0.39, 0.29) is 6.10 Å². The fourth-order valence-corrected chi connectivity index (χ4v) is 2.96. The molecule has 0 amide bonds. The van der Waals surface area contributed by atoms with Gasteiger partial charge in [0.1, 0.15) is 6.10 Å². The normalized spacial score (nSPS) is 19.3. The summed E-state index contributed by atoms with van der Waals surface area (Å²) in [6, 6.07) is 0. The van der Waals surface area contributed by atoms with Crippen molar-refractivity contribution >= 4 is 0 Å². The van der Waals surface area contributed by atoms with Crippen LogP contribution < -0.4 is 0 Å². The third-order valence-corrected chi connectivity index (χ3v) is 5.17. The smallest absolute Gasteiger partial charge is 0.105 e. The second kappa shape index (κ2) is 12.0. The highest BCUT2D eigenvalue weighted by Crippen LogP contribution is 2.24. The minimum absolute atomic E-state index is 0.367. The summed E-state index contributed by atoms with van der Waals surface area (Å²) >= 11 is 0. The summed E-state index contributed by atoms with van der Waals surface area (Å²) in [6.07, 6.45) is 6.31. The molecule has 0 bridgehead atoms. The summed E-state index contributed by atoms with van der Waals surface area (Å²) < 4.78 is 0. The topological polar surface area (TPSA) is 80.9 Å². The Morgan fingerprint density at radius 2 is 1.46 bits per heavy atom. The summed E-state index contributed by atoms with van der Waals surface area (Å²) in [7, 11) is 0. The van der Waals surface area contributed by atoms with Crippen LogP contribution in [0.25, 0.3) is 0 Å². The second-order valence-corrected chi connectivity index (χ2v) is 8.03. The van der Waals surface area contributed by atoms with Crippen LogP contribution in [-0.2, 0) is 0 Å². The van der Waals surface area contributed by atoms with Gasteiger partial charge in [-0.3, -0.25) is 0 Å². The maximum Gasteiger partial charge on any atom is 0.105 e. The summed E-state index contributed by atoms with van der Waals surface area (Å²) in [6.45, 7) is 11.3. The Labute approximate surface area is 148 Å². The molecule has 0 radical (unpaired) electrons. The van der Waals surface area contributed by atoms with Crippen LogP contribution in [0.2, 0.25) is 0 Å². The fraction of sp³-hybridized carbons (Fsp3) is 0.900. The van der Waals surface area contributed by atoms with Gasteiger partial charge in [0.15, 0.2) is 0 Å². The van der Waals surface area contributed by atoms with Crippen molar-refractivity contribution in [2.45, 2.75) is 96.9 Å². The predicted octanol–water partition coefficient (Wildman–Crippen LogP) is 3.42. The molecule has 0 aliphatic rings. The van der Waals surface area contributed by atoms with Crippen molar-refractivity contribution in [2.24, 2.45) is 11.8 Å². The molecular formula is C20H40O4. The van der Waals surface area contributed by atoms with E-state index in [1.165, 1.54) is 12.8 Å². The lowest BCUT2D eigenvalue weighted by atomic mass is 9.88. The first-order chi connectivity index (χ1) is 11.1. The molecule has 0 aromatic rings. The van der Waals surface area contributed by atoms with Crippen LogP contribution in [0.5, 0.6) is 0 Å². The molecule has 0 aliphatic carbocycles. The summed E-state index contributed by atoms with van der Waals surface area (Å²) in [5, 5.41) is 38.3. The first kappa shape index (κ1) is 23.6. The molecule has 4 heteroatoms. The molecule has 0 rings (SSSR count). The van der Waals surface area contributed by atoms with Gasteiger partial charge in [-0.25, -0.2) is 0 Å². The molecule has 0 aromatic heterocycles. The largest absolute Gasteiger partial charge is 0.394 e. The second-order valence-electron chi connectivity index (χ2n) is 8.03. The van der Waals surface area contributed by atoms with Crippen molar-refractivity contribution in [3.8, 4) is 0 Å².